The molecule has 0 bridgehead atoms. The number of imidazole rings is 1. The van der Waals surface area contributed by atoms with Crippen LogP contribution in [-0.2, 0) is 6.54 Å². The Balaban J connectivity index is 1.64. The second kappa shape index (κ2) is 4.79. The number of fused-ring (bicyclic) bond motifs is 4. The van der Waals surface area contributed by atoms with Crippen molar-refractivity contribution in [3.05, 3.63) is 59.8 Å². The molecular formula is C18H15N5O. The molecule has 0 unspecified atom stereocenters. The smallest absolute Gasteiger partial charge is 0.103 e. The first-order valence-electron chi connectivity index (χ1n) is 8.04. The van der Waals surface area contributed by atoms with Gasteiger partial charge in [0.05, 0.1) is 41.7 Å². The predicted octanol–water partition coefficient (Wildman–Crippen LogP) is 2.27. The fraction of sp³-hybridized carbons (Fsp3) is 0.278. The fourth-order valence-corrected chi connectivity index (χ4v) is 4.24. The summed E-state index contributed by atoms with van der Waals surface area (Å²) < 4.78 is 3.91. The second-order valence-corrected chi connectivity index (χ2v) is 6.39. The van der Waals surface area contributed by atoms with E-state index in [1.807, 2.05) is 24.7 Å². The summed E-state index contributed by atoms with van der Waals surface area (Å²) in [6.45, 7) is 0.710. The summed E-state index contributed by atoms with van der Waals surface area (Å²) in [5.74, 6) is -0.0158. The summed E-state index contributed by atoms with van der Waals surface area (Å²) in [6, 6.07) is 10.5. The van der Waals surface area contributed by atoms with E-state index in [0.29, 0.717) is 17.8 Å². The van der Waals surface area contributed by atoms with E-state index in [4.69, 9.17) is 0 Å². The van der Waals surface area contributed by atoms with Crippen LogP contribution in [0.5, 0.6) is 0 Å². The molecule has 2 aromatic heterocycles. The molecule has 1 N–H and O–H groups in total. The minimum atomic E-state index is -0.720. The van der Waals surface area contributed by atoms with Crippen LogP contribution in [0.25, 0.3) is 11.3 Å². The van der Waals surface area contributed by atoms with Gasteiger partial charge in [0, 0.05) is 18.0 Å². The molecule has 6 heteroatoms. The van der Waals surface area contributed by atoms with Gasteiger partial charge in [-0.15, -0.1) is 0 Å². The molecule has 2 aliphatic heterocycles. The van der Waals surface area contributed by atoms with Crippen molar-refractivity contribution < 1.29 is 5.11 Å². The van der Waals surface area contributed by atoms with Gasteiger partial charge in [0.2, 0.25) is 0 Å². The molecule has 5 rings (SSSR count). The number of hydrogen-bond donors (Lipinski definition) is 1. The van der Waals surface area contributed by atoms with Crippen LogP contribution < -0.4 is 0 Å². The van der Waals surface area contributed by atoms with E-state index in [0.717, 1.165) is 12.1 Å². The highest BCUT2D eigenvalue weighted by Gasteiger charge is 2.41. The van der Waals surface area contributed by atoms with Crippen molar-refractivity contribution in [1.29, 1.82) is 5.26 Å². The molecular weight excluding hydrogens is 302 g/mol. The van der Waals surface area contributed by atoms with Crippen molar-refractivity contribution in [2.45, 2.75) is 25.1 Å². The molecule has 0 aliphatic carbocycles. The SMILES string of the molecule is N#Cc1cnn2c1[C@H](O)[C@H]([C@@H]1c3ccccc3-c3cncn31)CC2. The van der Waals surface area contributed by atoms with Crippen LogP contribution in [0.4, 0.5) is 0 Å². The van der Waals surface area contributed by atoms with Crippen molar-refractivity contribution in [1.82, 2.24) is 19.3 Å². The van der Waals surface area contributed by atoms with E-state index in [-0.39, 0.29) is 12.0 Å². The zero-order valence-corrected chi connectivity index (χ0v) is 12.9. The van der Waals surface area contributed by atoms with Gasteiger partial charge in [-0.05, 0) is 12.0 Å². The molecule has 6 nitrogen and oxygen atoms in total. The number of hydrogen-bond acceptors (Lipinski definition) is 4. The quantitative estimate of drug-likeness (QED) is 0.746. The van der Waals surface area contributed by atoms with Gasteiger partial charge in [-0.1, -0.05) is 24.3 Å². The molecule has 4 heterocycles. The zero-order chi connectivity index (χ0) is 16.3. The highest BCUT2D eigenvalue weighted by Crippen LogP contribution is 2.49. The van der Waals surface area contributed by atoms with E-state index in [1.165, 1.54) is 11.1 Å². The first kappa shape index (κ1) is 13.5. The van der Waals surface area contributed by atoms with E-state index in [1.54, 1.807) is 10.9 Å². The summed E-state index contributed by atoms with van der Waals surface area (Å²) in [5.41, 5.74) is 4.57. The van der Waals surface area contributed by atoms with Crippen molar-refractivity contribution >= 4 is 0 Å². The summed E-state index contributed by atoms with van der Waals surface area (Å²) in [5, 5.41) is 24.6. The number of aliphatic hydroxyl groups excluding tert-OH is 1. The monoisotopic (exact) mass is 317 g/mol. The number of benzene rings is 1. The molecule has 0 spiro atoms. The van der Waals surface area contributed by atoms with Crippen molar-refractivity contribution in [3.8, 4) is 17.3 Å². The Morgan fingerprint density at radius 1 is 1.25 bits per heavy atom. The number of nitrogens with zero attached hydrogens (tertiary/aromatic N) is 5. The lowest BCUT2D eigenvalue weighted by Gasteiger charge is -2.34. The van der Waals surface area contributed by atoms with Gasteiger partial charge in [0.1, 0.15) is 12.2 Å². The number of aryl methyl sites for hydroxylation is 1. The third-order valence-electron chi connectivity index (χ3n) is 5.29. The molecule has 118 valence electrons. The van der Waals surface area contributed by atoms with Crippen LogP contribution in [0.2, 0.25) is 0 Å². The number of rotatable bonds is 1. The molecule has 3 atom stereocenters. The van der Waals surface area contributed by atoms with E-state index >= 15 is 0 Å². The molecule has 0 fully saturated rings. The first-order valence-corrected chi connectivity index (χ1v) is 8.04. The highest BCUT2D eigenvalue weighted by atomic mass is 16.3. The van der Waals surface area contributed by atoms with Crippen molar-refractivity contribution in [3.63, 3.8) is 0 Å². The van der Waals surface area contributed by atoms with Crippen molar-refractivity contribution in [2.24, 2.45) is 5.92 Å². The van der Waals surface area contributed by atoms with Gasteiger partial charge < -0.3 is 9.67 Å². The van der Waals surface area contributed by atoms with E-state index in [2.05, 4.69) is 32.9 Å². The largest absolute Gasteiger partial charge is 0.386 e. The Kier molecular flexibility index (Phi) is 2.70. The zero-order valence-electron chi connectivity index (χ0n) is 12.9. The predicted molar refractivity (Wildman–Crippen MR) is 85.8 cm³/mol. The Morgan fingerprint density at radius 3 is 3.00 bits per heavy atom. The van der Waals surface area contributed by atoms with Crippen LogP contribution in [0, 0.1) is 17.2 Å². The topological polar surface area (TPSA) is 79.7 Å². The van der Waals surface area contributed by atoms with Crippen LogP contribution in [0.3, 0.4) is 0 Å². The Labute approximate surface area is 138 Å². The number of nitriles is 1. The van der Waals surface area contributed by atoms with Gasteiger partial charge in [-0.2, -0.15) is 10.4 Å². The highest BCUT2D eigenvalue weighted by molar-refractivity contribution is 5.69. The summed E-state index contributed by atoms with van der Waals surface area (Å²) in [7, 11) is 0. The lowest BCUT2D eigenvalue weighted by Crippen LogP contribution is -2.31. The number of aliphatic hydroxyl groups is 1. The van der Waals surface area contributed by atoms with Gasteiger partial charge in [-0.3, -0.25) is 4.68 Å². The maximum absolute atomic E-state index is 11.0. The first-order chi connectivity index (χ1) is 11.8. The molecule has 24 heavy (non-hydrogen) atoms. The number of aromatic nitrogens is 4. The Bertz CT molecular complexity index is 979. The van der Waals surface area contributed by atoms with E-state index < -0.39 is 6.10 Å². The fourth-order valence-electron chi connectivity index (χ4n) is 4.24. The summed E-state index contributed by atoms with van der Waals surface area (Å²) >= 11 is 0. The van der Waals surface area contributed by atoms with Crippen LogP contribution >= 0.6 is 0 Å². The lowest BCUT2D eigenvalue weighted by atomic mass is 9.82. The van der Waals surface area contributed by atoms with Gasteiger partial charge in [0.15, 0.2) is 0 Å². The minimum absolute atomic E-state index is 0.0158. The van der Waals surface area contributed by atoms with Gasteiger partial charge in [0.25, 0.3) is 0 Å². The average molecular weight is 317 g/mol. The van der Waals surface area contributed by atoms with Crippen molar-refractivity contribution in [2.75, 3.05) is 0 Å². The van der Waals surface area contributed by atoms with Gasteiger partial charge in [-0.25, -0.2) is 4.98 Å². The molecule has 1 aromatic carbocycles. The lowest BCUT2D eigenvalue weighted by molar-refractivity contribution is 0.0523. The average Bonchev–Trinajstić information content (AvgIpc) is 3.29. The summed E-state index contributed by atoms with van der Waals surface area (Å²) in [4.78, 5) is 4.29. The van der Waals surface area contributed by atoms with E-state index in [9.17, 15) is 10.4 Å². The summed E-state index contributed by atoms with van der Waals surface area (Å²) in [6.07, 6.45) is 5.34. The molecule has 2 aliphatic rings. The Hall–Kier alpha value is -2.91. The molecule has 0 saturated heterocycles. The molecule has 0 radical (unpaired) electrons. The van der Waals surface area contributed by atoms with Crippen LogP contribution in [0.15, 0.2) is 43.0 Å². The normalized spacial score (nSPS) is 24.1. The minimum Gasteiger partial charge on any atom is -0.386 e. The van der Waals surface area contributed by atoms with Gasteiger partial charge >= 0.3 is 0 Å². The Morgan fingerprint density at radius 2 is 2.12 bits per heavy atom. The molecule has 0 saturated carbocycles. The molecule has 3 aromatic rings. The maximum atomic E-state index is 11.0. The third kappa shape index (κ3) is 1.62. The van der Waals surface area contributed by atoms with Crippen LogP contribution in [0.1, 0.15) is 35.4 Å². The second-order valence-electron chi connectivity index (χ2n) is 6.39. The van der Waals surface area contributed by atoms with Crippen LogP contribution in [-0.4, -0.2) is 24.4 Å². The maximum Gasteiger partial charge on any atom is 0.103 e. The molecule has 0 amide bonds. The standard InChI is InChI=1S/C18H15N5O/c19-7-11-8-21-23-6-5-14(18(24)16(11)23)17-13-4-2-1-3-12(13)15-9-20-10-22(15)17/h1-4,8-10,14,17-18,24H,5-6H2/t14-,17-,18+/m0/s1. The third-order valence-corrected chi connectivity index (χ3v) is 5.29.